The second-order valence-electron chi connectivity index (χ2n) is 6.42. The Hall–Kier alpha value is -1.65. The van der Waals surface area contributed by atoms with Crippen LogP contribution in [0.3, 0.4) is 0 Å². The van der Waals surface area contributed by atoms with Gasteiger partial charge in [0, 0.05) is 13.0 Å². The smallest absolute Gasteiger partial charge is 0.220 e. The van der Waals surface area contributed by atoms with E-state index in [4.69, 9.17) is 9.84 Å². The monoisotopic (exact) mass is 361 g/mol. The van der Waals surface area contributed by atoms with Gasteiger partial charge in [0.05, 0.1) is 18.8 Å². The molecule has 0 saturated carbocycles. The molecule has 2 N–H and O–H groups in total. The summed E-state index contributed by atoms with van der Waals surface area (Å²) >= 11 is 0. The standard InChI is InChI=1S/C22H35NO3/c1-2-20-21(26-20)16-14-12-10-8-6-4-3-5-7-9-11-13-15-17-22(25)23-18-19-24/h3,5-6,8-9,11-12,14,20-21,24H,2,4,7,10,13,15-19H2,1H3,(H,23,25). The Morgan fingerprint density at radius 1 is 0.962 bits per heavy atom. The van der Waals surface area contributed by atoms with Crippen LogP contribution in [0.4, 0.5) is 0 Å². The van der Waals surface area contributed by atoms with Crippen LogP contribution < -0.4 is 5.32 Å². The van der Waals surface area contributed by atoms with Crippen LogP contribution in [-0.2, 0) is 9.53 Å². The first-order chi connectivity index (χ1) is 12.8. The first-order valence-electron chi connectivity index (χ1n) is 9.91. The Bertz CT molecular complexity index is 480. The highest BCUT2D eigenvalue weighted by atomic mass is 16.6. The third kappa shape index (κ3) is 12.7. The zero-order chi connectivity index (χ0) is 18.9. The predicted octanol–water partition coefficient (Wildman–Crippen LogP) is 4.23. The number of carbonyl (C=O) groups is 1. The molecule has 4 nitrogen and oxygen atoms in total. The van der Waals surface area contributed by atoms with Crippen LogP contribution in [-0.4, -0.2) is 36.4 Å². The molecule has 26 heavy (non-hydrogen) atoms. The minimum absolute atomic E-state index is 0.000850. The summed E-state index contributed by atoms with van der Waals surface area (Å²) in [5.74, 6) is 0.0139. The van der Waals surface area contributed by atoms with Gasteiger partial charge in [-0.15, -0.1) is 0 Å². The van der Waals surface area contributed by atoms with Gasteiger partial charge in [-0.05, 0) is 44.9 Å². The highest BCUT2D eigenvalue weighted by molar-refractivity contribution is 5.75. The van der Waals surface area contributed by atoms with Gasteiger partial charge >= 0.3 is 0 Å². The number of rotatable bonds is 15. The summed E-state index contributed by atoms with van der Waals surface area (Å²) in [4.78, 5) is 11.3. The Kier molecular flexibility index (Phi) is 13.4. The van der Waals surface area contributed by atoms with Gasteiger partial charge in [0.2, 0.25) is 5.91 Å². The molecule has 0 aromatic rings. The average Bonchev–Trinajstić information content (AvgIpc) is 3.41. The zero-order valence-electron chi connectivity index (χ0n) is 16.1. The van der Waals surface area contributed by atoms with Crippen molar-refractivity contribution in [1.29, 1.82) is 0 Å². The van der Waals surface area contributed by atoms with Crippen molar-refractivity contribution in [2.75, 3.05) is 13.2 Å². The minimum atomic E-state index is -0.000850. The molecule has 2 unspecified atom stereocenters. The van der Waals surface area contributed by atoms with Gasteiger partial charge in [-0.1, -0.05) is 55.5 Å². The van der Waals surface area contributed by atoms with E-state index in [1.165, 1.54) is 0 Å². The van der Waals surface area contributed by atoms with E-state index in [0.29, 0.717) is 25.2 Å². The van der Waals surface area contributed by atoms with E-state index < -0.39 is 0 Å². The third-order valence-corrected chi connectivity index (χ3v) is 4.15. The number of allylic oxidation sites excluding steroid dienone is 7. The molecule has 1 aliphatic rings. The van der Waals surface area contributed by atoms with Crippen LogP contribution in [0, 0.1) is 0 Å². The van der Waals surface area contributed by atoms with Crippen molar-refractivity contribution < 1.29 is 14.6 Å². The number of amides is 1. The second kappa shape index (κ2) is 15.6. The molecule has 146 valence electrons. The molecular formula is C22H35NO3. The van der Waals surface area contributed by atoms with Crippen molar-refractivity contribution in [2.24, 2.45) is 0 Å². The van der Waals surface area contributed by atoms with Gasteiger partial charge in [-0.3, -0.25) is 4.79 Å². The van der Waals surface area contributed by atoms with Crippen LogP contribution in [0.25, 0.3) is 0 Å². The number of aliphatic hydroxyl groups excluding tert-OH is 1. The maximum absolute atomic E-state index is 11.3. The molecule has 1 amide bonds. The quantitative estimate of drug-likeness (QED) is 0.261. The lowest BCUT2D eigenvalue weighted by Crippen LogP contribution is -2.25. The highest BCUT2D eigenvalue weighted by Gasteiger charge is 2.35. The molecule has 1 rings (SSSR count). The normalized spacial score (nSPS) is 20.1. The fraction of sp³-hybridized carbons (Fsp3) is 0.591. The number of ether oxygens (including phenoxy) is 1. The van der Waals surface area contributed by atoms with E-state index in [0.717, 1.165) is 44.9 Å². The molecule has 0 radical (unpaired) electrons. The summed E-state index contributed by atoms with van der Waals surface area (Å²) in [5.41, 5.74) is 0. The maximum atomic E-state index is 11.3. The van der Waals surface area contributed by atoms with E-state index >= 15 is 0 Å². The molecular weight excluding hydrogens is 326 g/mol. The minimum Gasteiger partial charge on any atom is -0.395 e. The van der Waals surface area contributed by atoms with Crippen molar-refractivity contribution in [3.8, 4) is 0 Å². The van der Waals surface area contributed by atoms with E-state index in [9.17, 15) is 4.79 Å². The number of unbranched alkanes of at least 4 members (excludes halogenated alkanes) is 1. The van der Waals surface area contributed by atoms with Crippen LogP contribution in [0.5, 0.6) is 0 Å². The highest BCUT2D eigenvalue weighted by Crippen LogP contribution is 2.28. The molecule has 0 spiro atoms. The summed E-state index contributed by atoms with van der Waals surface area (Å²) in [6.07, 6.45) is 25.8. The van der Waals surface area contributed by atoms with E-state index in [1.807, 2.05) is 0 Å². The van der Waals surface area contributed by atoms with Crippen molar-refractivity contribution in [1.82, 2.24) is 5.32 Å². The summed E-state index contributed by atoms with van der Waals surface area (Å²) in [7, 11) is 0. The van der Waals surface area contributed by atoms with Gasteiger partial charge in [0.15, 0.2) is 0 Å². The fourth-order valence-corrected chi connectivity index (χ4v) is 2.57. The van der Waals surface area contributed by atoms with Crippen LogP contribution in [0.2, 0.25) is 0 Å². The molecule has 0 bridgehead atoms. The molecule has 4 heteroatoms. The topological polar surface area (TPSA) is 61.9 Å². The predicted molar refractivity (Wildman–Crippen MR) is 108 cm³/mol. The summed E-state index contributed by atoms with van der Waals surface area (Å²) < 4.78 is 5.49. The Balaban J connectivity index is 1.89. The van der Waals surface area contributed by atoms with Gasteiger partial charge in [0.25, 0.3) is 0 Å². The largest absolute Gasteiger partial charge is 0.395 e. The summed E-state index contributed by atoms with van der Waals surface area (Å²) in [6.45, 7) is 2.51. The third-order valence-electron chi connectivity index (χ3n) is 4.15. The number of aliphatic hydroxyl groups is 1. The Labute approximate surface area is 158 Å². The van der Waals surface area contributed by atoms with Gasteiger partial charge < -0.3 is 15.2 Å². The lowest BCUT2D eigenvalue weighted by molar-refractivity contribution is -0.121. The van der Waals surface area contributed by atoms with Crippen LogP contribution in [0.15, 0.2) is 48.6 Å². The first kappa shape index (κ1) is 22.4. The van der Waals surface area contributed by atoms with Crippen LogP contribution >= 0.6 is 0 Å². The maximum Gasteiger partial charge on any atom is 0.220 e. The number of epoxide rings is 1. The number of carbonyl (C=O) groups excluding carboxylic acids is 1. The van der Waals surface area contributed by atoms with E-state index in [-0.39, 0.29) is 12.5 Å². The number of nitrogens with one attached hydrogen (secondary N) is 1. The molecule has 0 aromatic carbocycles. The Morgan fingerprint density at radius 3 is 2.15 bits per heavy atom. The number of hydrogen-bond acceptors (Lipinski definition) is 3. The van der Waals surface area contributed by atoms with Crippen molar-refractivity contribution in [2.45, 2.75) is 70.5 Å². The SMILES string of the molecule is CCC1OC1CC=CCC=CCC=CCC=CCCCC(=O)NCCO. The second-order valence-corrected chi connectivity index (χ2v) is 6.42. The molecule has 0 aliphatic carbocycles. The average molecular weight is 362 g/mol. The lowest BCUT2D eigenvalue weighted by Gasteiger charge is -2.00. The van der Waals surface area contributed by atoms with Crippen molar-refractivity contribution in [3.63, 3.8) is 0 Å². The van der Waals surface area contributed by atoms with Gasteiger partial charge in [0.1, 0.15) is 0 Å². The molecule has 1 saturated heterocycles. The van der Waals surface area contributed by atoms with Crippen molar-refractivity contribution >= 4 is 5.91 Å². The van der Waals surface area contributed by atoms with Crippen LogP contribution in [0.1, 0.15) is 58.3 Å². The molecule has 1 aliphatic heterocycles. The molecule has 1 heterocycles. The van der Waals surface area contributed by atoms with E-state index in [2.05, 4.69) is 60.8 Å². The fourth-order valence-electron chi connectivity index (χ4n) is 2.57. The van der Waals surface area contributed by atoms with Crippen molar-refractivity contribution in [3.05, 3.63) is 48.6 Å². The molecule has 1 fully saturated rings. The summed E-state index contributed by atoms with van der Waals surface area (Å²) in [5, 5.41) is 11.3. The van der Waals surface area contributed by atoms with Gasteiger partial charge in [-0.25, -0.2) is 0 Å². The van der Waals surface area contributed by atoms with E-state index in [1.54, 1.807) is 0 Å². The Morgan fingerprint density at radius 2 is 1.58 bits per heavy atom. The zero-order valence-corrected chi connectivity index (χ0v) is 16.1. The first-order valence-corrected chi connectivity index (χ1v) is 9.91. The molecule has 0 aromatic heterocycles. The lowest BCUT2D eigenvalue weighted by atomic mass is 10.2. The molecule has 2 atom stereocenters. The number of hydrogen-bond donors (Lipinski definition) is 2. The summed E-state index contributed by atoms with van der Waals surface area (Å²) in [6, 6.07) is 0. The van der Waals surface area contributed by atoms with Gasteiger partial charge in [-0.2, -0.15) is 0 Å².